The maximum atomic E-state index is 12.1. The smallest absolute Gasteiger partial charge is 0.251 e. The maximum absolute atomic E-state index is 12.1. The Kier molecular flexibility index (Phi) is 4.20. The second kappa shape index (κ2) is 5.73. The lowest BCUT2D eigenvalue weighted by molar-refractivity contribution is 0.0951. The van der Waals surface area contributed by atoms with Gasteiger partial charge in [0.2, 0.25) is 0 Å². The van der Waals surface area contributed by atoms with E-state index in [4.69, 9.17) is 33.5 Å². The summed E-state index contributed by atoms with van der Waals surface area (Å²) in [5, 5.41) is 7.08. The molecule has 0 saturated heterocycles. The number of aryl methyl sites for hydroxylation is 2. The first kappa shape index (κ1) is 14.7. The molecular formula is C13H13Cl2N3O2. The van der Waals surface area contributed by atoms with Crippen LogP contribution in [0.25, 0.3) is 0 Å². The number of hydrogen-bond donors (Lipinski definition) is 2. The Balaban J connectivity index is 2.13. The summed E-state index contributed by atoms with van der Waals surface area (Å²) in [5.41, 5.74) is 7.83. The summed E-state index contributed by atoms with van der Waals surface area (Å²) in [6, 6.07) is 2.96. The van der Waals surface area contributed by atoms with E-state index in [1.165, 1.54) is 12.1 Å². The molecule has 0 aliphatic heterocycles. The standard InChI is InChI=1S/C13H13Cl2N3O2/c1-6-9(7(2)20-18-6)5-17-13(19)8-3-10(14)12(16)11(15)4-8/h3-4H,5,16H2,1-2H3,(H,17,19). The third kappa shape index (κ3) is 2.89. The third-order valence-electron chi connectivity index (χ3n) is 2.95. The molecule has 0 aliphatic carbocycles. The average molecular weight is 314 g/mol. The van der Waals surface area contributed by atoms with Crippen molar-refractivity contribution in [1.29, 1.82) is 0 Å². The second-order valence-corrected chi connectivity index (χ2v) is 5.15. The van der Waals surface area contributed by atoms with Gasteiger partial charge in [0.1, 0.15) is 5.76 Å². The van der Waals surface area contributed by atoms with Crippen molar-refractivity contribution in [1.82, 2.24) is 10.5 Å². The molecule has 7 heteroatoms. The van der Waals surface area contributed by atoms with Gasteiger partial charge in [-0.3, -0.25) is 4.79 Å². The molecule has 0 unspecified atom stereocenters. The zero-order valence-corrected chi connectivity index (χ0v) is 12.5. The Morgan fingerprint density at radius 2 is 1.95 bits per heavy atom. The fourth-order valence-electron chi connectivity index (χ4n) is 1.74. The quantitative estimate of drug-likeness (QED) is 0.853. The Labute approximate surface area is 126 Å². The van der Waals surface area contributed by atoms with Gasteiger partial charge < -0.3 is 15.6 Å². The molecule has 1 amide bonds. The second-order valence-electron chi connectivity index (χ2n) is 4.34. The van der Waals surface area contributed by atoms with Crippen LogP contribution < -0.4 is 11.1 Å². The number of hydrogen-bond acceptors (Lipinski definition) is 4. The first-order valence-corrected chi connectivity index (χ1v) is 6.60. The molecule has 20 heavy (non-hydrogen) atoms. The van der Waals surface area contributed by atoms with Gasteiger partial charge in [-0.05, 0) is 26.0 Å². The van der Waals surface area contributed by atoms with E-state index in [1.807, 2.05) is 6.92 Å². The average Bonchev–Trinajstić information content (AvgIpc) is 2.72. The zero-order valence-electron chi connectivity index (χ0n) is 11.0. The molecule has 3 N–H and O–H groups in total. The highest BCUT2D eigenvalue weighted by atomic mass is 35.5. The van der Waals surface area contributed by atoms with E-state index >= 15 is 0 Å². The molecule has 5 nitrogen and oxygen atoms in total. The van der Waals surface area contributed by atoms with E-state index in [0.717, 1.165) is 11.3 Å². The van der Waals surface area contributed by atoms with Crippen LogP contribution in [0, 0.1) is 13.8 Å². The number of carbonyl (C=O) groups excluding carboxylic acids is 1. The van der Waals surface area contributed by atoms with Crippen LogP contribution in [0.3, 0.4) is 0 Å². The van der Waals surface area contributed by atoms with Crippen LogP contribution in [0.2, 0.25) is 10.0 Å². The molecule has 2 aromatic rings. The van der Waals surface area contributed by atoms with Crippen molar-refractivity contribution in [3.63, 3.8) is 0 Å². The molecule has 1 heterocycles. The van der Waals surface area contributed by atoms with E-state index in [9.17, 15) is 4.79 Å². The highest BCUT2D eigenvalue weighted by Gasteiger charge is 2.13. The van der Waals surface area contributed by atoms with Gasteiger partial charge in [-0.15, -0.1) is 0 Å². The molecule has 0 bridgehead atoms. The van der Waals surface area contributed by atoms with Crippen LogP contribution in [0.1, 0.15) is 27.4 Å². The molecule has 0 spiro atoms. The van der Waals surface area contributed by atoms with Gasteiger partial charge in [0.15, 0.2) is 0 Å². The predicted octanol–water partition coefficient (Wildman–Crippen LogP) is 3.11. The number of halogens is 2. The van der Waals surface area contributed by atoms with Crippen LogP contribution in [0.4, 0.5) is 5.69 Å². The van der Waals surface area contributed by atoms with Gasteiger partial charge in [-0.25, -0.2) is 0 Å². The van der Waals surface area contributed by atoms with Gasteiger partial charge in [0, 0.05) is 17.7 Å². The number of amides is 1. The number of nitrogens with one attached hydrogen (secondary N) is 1. The lowest BCUT2D eigenvalue weighted by Gasteiger charge is -2.07. The minimum absolute atomic E-state index is 0.250. The number of benzene rings is 1. The van der Waals surface area contributed by atoms with Crippen molar-refractivity contribution >= 4 is 34.8 Å². The van der Waals surface area contributed by atoms with Crippen LogP contribution in [0.15, 0.2) is 16.7 Å². The first-order valence-electron chi connectivity index (χ1n) is 5.84. The van der Waals surface area contributed by atoms with E-state index in [1.54, 1.807) is 6.92 Å². The molecule has 2 rings (SSSR count). The largest absolute Gasteiger partial charge is 0.396 e. The van der Waals surface area contributed by atoms with Gasteiger partial charge in [0.25, 0.3) is 5.91 Å². The Hall–Kier alpha value is -1.72. The minimum Gasteiger partial charge on any atom is -0.396 e. The molecule has 0 saturated carbocycles. The molecule has 1 aromatic carbocycles. The van der Waals surface area contributed by atoms with Gasteiger partial charge in [-0.1, -0.05) is 28.4 Å². The number of nitrogen functional groups attached to an aromatic ring is 1. The van der Waals surface area contributed by atoms with Crippen LogP contribution >= 0.6 is 23.2 Å². The van der Waals surface area contributed by atoms with Crippen molar-refractivity contribution in [3.05, 3.63) is 44.8 Å². The van der Waals surface area contributed by atoms with Crippen molar-refractivity contribution < 1.29 is 9.32 Å². The Bertz CT molecular complexity index is 625. The normalized spacial score (nSPS) is 10.6. The molecule has 0 atom stereocenters. The fourth-order valence-corrected chi connectivity index (χ4v) is 2.23. The third-order valence-corrected chi connectivity index (χ3v) is 3.57. The summed E-state index contributed by atoms with van der Waals surface area (Å²) in [6.45, 7) is 3.92. The first-order chi connectivity index (χ1) is 9.40. The monoisotopic (exact) mass is 313 g/mol. The lowest BCUT2D eigenvalue weighted by Crippen LogP contribution is -2.23. The van der Waals surface area contributed by atoms with Gasteiger partial charge >= 0.3 is 0 Å². The molecule has 106 valence electrons. The van der Waals surface area contributed by atoms with E-state index in [0.29, 0.717) is 17.9 Å². The van der Waals surface area contributed by atoms with Crippen LogP contribution in [-0.4, -0.2) is 11.1 Å². The van der Waals surface area contributed by atoms with Crippen molar-refractivity contribution in [2.24, 2.45) is 0 Å². The summed E-state index contributed by atoms with van der Waals surface area (Å²) >= 11 is 11.8. The molecular weight excluding hydrogens is 301 g/mol. The Morgan fingerprint density at radius 3 is 2.45 bits per heavy atom. The molecule has 0 aliphatic rings. The highest BCUT2D eigenvalue weighted by molar-refractivity contribution is 6.39. The summed E-state index contributed by atoms with van der Waals surface area (Å²) < 4.78 is 5.03. The molecule has 1 aromatic heterocycles. The van der Waals surface area contributed by atoms with Crippen molar-refractivity contribution in [2.45, 2.75) is 20.4 Å². The SMILES string of the molecule is Cc1noc(C)c1CNC(=O)c1cc(Cl)c(N)c(Cl)c1. The zero-order chi connectivity index (χ0) is 14.9. The summed E-state index contributed by atoms with van der Waals surface area (Å²) in [7, 11) is 0. The van der Waals surface area contributed by atoms with Gasteiger partial charge in [0.05, 0.1) is 21.4 Å². The molecule has 0 fully saturated rings. The van der Waals surface area contributed by atoms with E-state index < -0.39 is 0 Å². The number of carbonyl (C=O) groups is 1. The van der Waals surface area contributed by atoms with E-state index in [2.05, 4.69) is 10.5 Å². The predicted molar refractivity (Wildman–Crippen MR) is 78.0 cm³/mol. The number of aromatic nitrogens is 1. The number of rotatable bonds is 3. The lowest BCUT2D eigenvalue weighted by atomic mass is 10.1. The number of anilines is 1. The topological polar surface area (TPSA) is 81.2 Å². The Morgan fingerprint density at radius 1 is 1.35 bits per heavy atom. The fraction of sp³-hybridized carbons (Fsp3) is 0.231. The van der Waals surface area contributed by atoms with Crippen LogP contribution in [-0.2, 0) is 6.54 Å². The minimum atomic E-state index is -0.297. The van der Waals surface area contributed by atoms with Crippen molar-refractivity contribution in [3.8, 4) is 0 Å². The summed E-state index contributed by atoms with van der Waals surface area (Å²) in [5.74, 6) is 0.380. The van der Waals surface area contributed by atoms with Gasteiger partial charge in [-0.2, -0.15) is 0 Å². The van der Waals surface area contributed by atoms with Crippen molar-refractivity contribution in [2.75, 3.05) is 5.73 Å². The number of nitrogens with two attached hydrogens (primary N) is 1. The summed E-state index contributed by atoms with van der Waals surface area (Å²) in [6.07, 6.45) is 0. The highest BCUT2D eigenvalue weighted by Crippen LogP contribution is 2.28. The molecule has 0 radical (unpaired) electrons. The number of nitrogens with zero attached hydrogens (tertiary/aromatic N) is 1. The summed E-state index contributed by atoms with van der Waals surface area (Å²) in [4.78, 5) is 12.1. The maximum Gasteiger partial charge on any atom is 0.251 e. The van der Waals surface area contributed by atoms with Crippen LogP contribution in [0.5, 0.6) is 0 Å². The van der Waals surface area contributed by atoms with E-state index in [-0.39, 0.29) is 21.6 Å².